The molecule has 2 amide bonds. The molecule has 2 heterocycles. The van der Waals surface area contributed by atoms with Gasteiger partial charge in [-0.15, -0.1) is 0 Å². The number of thiazole rings is 1. The van der Waals surface area contributed by atoms with Crippen LogP contribution in [0.25, 0.3) is 0 Å². The smallest absolute Gasteiger partial charge is 0.254 e. The Kier molecular flexibility index (Phi) is 4.60. The molecule has 1 aliphatic heterocycles. The van der Waals surface area contributed by atoms with Crippen LogP contribution in [0.1, 0.15) is 40.2 Å². The van der Waals surface area contributed by atoms with E-state index in [0.717, 1.165) is 40.7 Å². The summed E-state index contributed by atoms with van der Waals surface area (Å²) >= 11 is 4.90. The van der Waals surface area contributed by atoms with Crippen molar-refractivity contribution in [3.63, 3.8) is 0 Å². The number of aromatic nitrogens is 1. The van der Waals surface area contributed by atoms with Crippen LogP contribution in [0.5, 0.6) is 0 Å². The third kappa shape index (κ3) is 3.48. The van der Waals surface area contributed by atoms with Gasteiger partial charge in [0.25, 0.3) is 5.91 Å². The lowest BCUT2D eigenvalue weighted by Crippen LogP contribution is -2.35. The van der Waals surface area contributed by atoms with E-state index in [-0.39, 0.29) is 17.7 Å². The maximum Gasteiger partial charge on any atom is 0.254 e. The summed E-state index contributed by atoms with van der Waals surface area (Å²) in [6.07, 6.45) is 3.82. The quantitative estimate of drug-likeness (QED) is 0.821. The summed E-state index contributed by atoms with van der Waals surface area (Å²) < 4.78 is 0.898. The molecule has 1 aromatic heterocycles. The highest BCUT2D eigenvalue weighted by Gasteiger charge is 2.28. The highest BCUT2D eigenvalue weighted by atomic mass is 79.9. The highest BCUT2D eigenvalue weighted by Crippen LogP contribution is 2.32. The maximum absolute atomic E-state index is 12.7. The molecule has 1 saturated carbocycles. The van der Waals surface area contributed by atoms with E-state index in [1.165, 1.54) is 11.3 Å². The first-order chi connectivity index (χ1) is 12.1. The molecule has 0 atom stereocenters. The molecule has 1 N–H and O–H groups in total. The van der Waals surface area contributed by atoms with Gasteiger partial charge in [-0.2, -0.15) is 0 Å². The number of anilines is 1. The summed E-state index contributed by atoms with van der Waals surface area (Å²) in [5.74, 6) is 0.260. The maximum atomic E-state index is 12.7. The molecule has 0 saturated heterocycles. The minimum Gasteiger partial charge on any atom is -0.333 e. The van der Waals surface area contributed by atoms with Gasteiger partial charge in [0.2, 0.25) is 5.91 Å². The Morgan fingerprint density at radius 2 is 2.16 bits per heavy atom. The van der Waals surface area contributed by atoms with Crippen LogP contribution < -0.4 is 5.32 Å². The molecular weight excluding hydrogens is 402 g/mol. The van der Waals surface area contributed by atoms with Crippen molar-refractivity contribution < 1.29 is 9.59 Å². The van der Waals surface area contributed by atoms with Crippen LogP contribution in [0.4, 0.5) is 5.13 Å². The van der Waals surface area contributed by atoms with E-state index in [2.05, 4.69) is 26.2 Å². The lowest BCUT2D eigenvalue weighted by molar-refractivity contribution is -0.122. The summed E-state index contributed by atoms with van der Waals surface area (Å²) in [4.78, 5) is 32.3. The molecule has 1 aliphatic carbocycles. The van der Waals surface area contributed by atoms with Crippen molar-refractivity contribution in [3.05, 3.63) is 44.9 Å². The highest BCUT2D eigenvalue weighted by molar-refractivity contribution is 9.10. The number of nitrogens with zero attached hydrogens (tertiary/aromatic N) is 2. The van der Waals surface area contributed by atoms with Gasteiger partial charge in [0, 0.05) is 33.8 Å². The molecule has 130 valence electrons. The van der Waals surface area contributed by atoms with Crippen LogP contribution in [-0.4, -0.2) is 28.2 Å². The molecule has 1 fully saturated rings. The summed E-state index contributed by atoms with van der Waals surface area (Å²) in [5, 5.41) is 3.61. The number of halogens is 1. The minimum absolute atomic E-state index is 0.0282. The number of carbonyl (C=O) groups excluding carboxylic acids is 2. The molecule has 0 spiro atoms. The molecule has 2 aliphatic rings. The lowest BCUT2D eigenvalue weighted by Gasteiger charge is -2.26. The number of benzene rings is 1. The molecule has 0 unspecified atom stereocenters. The predicted octanol–water partition coefficient (Wildman–Crippen LogP) is 3.84. The summed E-state index contributed by atoms with van der Waals surface area (Å²) in [7, 11) is 0. The summed E-state index contributed by atoms with van der Waals surface area (Å²) in [5.41, 5.74) is 1.69. The van der Waals surface area contributed by atoms with Crippen molar-refractivity contribution >= 4 is 44.2 Å². The zero-order valence-electron chi connectivity index (χ0n) is 13.6. The van der Waals surface area contributed by atoms with Crippen molar-refractivity contribution in [1.82, 2.24) is 9.88 Å². The fourth-order valence-corrected chi connectivity index (χ4v) is 4.53. The van der Waals surface area contributed by atoms with Gasteiger partial charge in [0.1, 0.15) is 0 Å². The average Bonchev–Trinajstić information content (AvgIpc) is 2.93. The van der Waals surface area contributed by atoms with E-state index in [9.17, 15) is 9.59 Å². The second-order valence-electron chi connectivity index (χ2n) is 6.49. The standard InChI is InChI=1S/C18H18BrN3O2S/c19-13-6-2-5-12(9-13)17(24)22-8-7-14-15(10-22)25-18(20-14)21-16(23)11-3-1-4-11/h2,5-6,9,11H,1,3-4,7-8,10H2,(H,20,21,23). The van der Waals surface area contributed by atoms with Crippen LogP contribution in [0, 0.1) is 5.92 Å². The third-order valence-corrected chi connectivity index (χ3v) is 6.29. The van der Waals surface area contributed by atoms with Gasteiger partial charge in [0.15, 0.2) is 5.13 Å². The molecule has 5 nitrogen and oxygen atoms in total. The molecule has 4 rings (SSSR count). The van der Waals surface area contributed by atoms with Gasteiger partial charge in [-0.3, -0.25) is 9.59 Å². The normalized spacial score (nSPS) is 16.9. The zero-order valence-corrected chi connectivity index (χ0v) is 16.0. The first-order valence-corrected chi connectivity index (χ1v) is 10.1. The topological polar surface area (TPSA) is 62.3 Å². The van der Waals surface area contributed by atoms with Crippen LogP contribution in [0.15, 0.2) is 28.7 Å². The predicted molar refractivity (Wildman–Crippen MR) is 101 cm³/mol. The number of hydrogen-bond acceptors (Lipinski definition) is 4. The number of amides is 2. The SMILES string of the molecule is O=C(Nc1nc2c(s1)CN(C(=O)c1cccc(Br)c1)CC2)C1CCC1. The molecule has 1 aromatic carbocycles. The van der Waals surface area contributed by atoms with Gasteiger partial charge in [-0.1, -0.05) is 39.8 Å². The number of carbonyl (C=O) groups is 2. The third-order valence-electron chi connectivity index (χ3n) is 4.80. The van der Waals surface area contributed by atoms with E-state index in [0.29, 0.717) is 23.8 Å². The molecule has 25 heavy (non-hydrogen) atoms. The van der Waals surface area contributed by atoms with Crippen LogP contribution >= 0.6 is 27.3 Å². The second-order valence-corrected chi connectivity index (χ2v) is 8.49. The number of nitrogens with one attached hydrogen (secondary N) is 1. The zero-order chi connectivity index (χ0) is 17.4. The van der Waals surface area contributed by atoms with Crippen molar-refractivity contribution in [1.29, 1.82) is 0 Å². The van der Waals surface area contributed by atoms with E-state index < -0.39 is 0 Å². The average molecular weight is 420 g/mol. The van der Waals surface area contributed by atoms with Gasteiger partial charge in [-0.25, -0.2) is 4.98 Å². The van der Waals surface area contributed by atoms with Gasteiger partial charge in [0.05, 0.1) is 12.2 Å². The number of fused-ring (bicyclic) bond motifs is 1. The monoisotopic (exact) mass is 419 g/mol. The lowest BCUT2D eigenvalue weighted by atomic mass is 9.85. The number of rotatable bonds is 3. The van der Waals surface area contributed by atoms with E-state index in [1.807, 2.05) is 29.2 Å². The minimum atomic E-state index is 0.0282. The Hall–Kier alpha value is -1.73. The fraction of sp³-hybridized carbons (Fsp3) is 0.389. The van der Waals surface area contributed by atoms with Gasteiger partial charge < -0.3 is 10.2 Å². The van der Waals surface area contributed by atoms with Crippen molar-refractivity contribution in [2.24, 2.45) is 5.92 Å². The van der Waals surface area contributed by atoms with Crippen molar-refractivity contribution in [2.45, 2.75) is 32.2 Å². The molecular formula is C18H18BrN3O2S. The first kappa shape index (κ1) is 16.7. The summed E-state index contributed by atoms with van der Waals surface area (Å²) in [6.45, 7) is 1.20. The molecule has 2 aromatic rings. The molecule has 0 radical (unpaired) electrons. The van der Waals surface area contributed by atoms with Crippen molar-refractivity contribution in [3.8, 4) is 0 Å². The van der Waals surface area contributed by atoms with E-state index in [1.54, 1.807) is 0 Å². The largest absolute Gasteiger partial charge is 0.333 e. The van der Waals surface area contributed by atoms with E-state index >= 15 is 0 Å². The Bertz CT molecular complexity index is 831. The van der Waals surface area contributed by atoms with Crippen LogP contribution in [0.2, 0.25) is 0 Å². The van der Waals surface area contributed by atoms with Gasteiger partial charge in [-0.05, 0) is 31.0 Å². The Labute approximate surface area is 158 Å². The van der Waals surface area contributed by atoms with Gasteiger partial charge >= 0.3 is 0 Å². The Morgan fingerprint density at radius 1 is 1.32 bits per heavy atom. The molecule has 0 bridgehead atoms. The Balaban J connectivity index is 1.45. The number of hydrogen-bond donors (Lipinski definition) is 1. The van der Waals surface area contributed by atoms with E-state index in [4.69, 9.17) is 0 Å². The van der Waals surface area contributed by atoms with Crippen LogP contribution in [0.3, 0.4) is 0 Å². The van der Waals surface area contributed by atoms with Crippen molar-refractivity contribution in [2.75, 3.05) is 11.9 Å². The van der Waals surface area contributed by atoms with Crippen LogP contribution in [-0.2, 0) is 17.8 Å². The summed E-state index contributed by atoms with van der Waals surface area (Å²) in [6, 6.07) is 7.45. The first-order valence-electron chi connectivity index (χ1n) is 8.44. The Morgan fingerprint density at radius 3 is 2.88 bits per heavy atom. The fourth-order valence-electron chi connectivity index (χ4n) is 3.10. The second kappa shape index (κ2) is 6.88. The molecule has 7 heteroatoms.